The molecule has 0 bridgehead atoms. The normalized spacial score (nSPS) is 10.8. The molecule has 0 spiro atoms. The summed E-state index contributed by atoms with van der Waals surface area (Å²) in [5.41, 5.74) is 0.266. The van der Waals surface area contributed by atoms with Crippen molar-refractivity contribution in [2.45, 2.75) is 38.9 Å². The molecule has 0 aliphatic carbocycles. The van der Waals surface area contributed by atoms with Crippen molar-refractivity contribution in [3.63, 3.8) is 0 Å². The number of amides is 2. The van der Waals surface area contributed by atoms with Gasteiger partial charge in [-0.05, 0) is 23.7 Å². The Morgan fingerprint density at radius 3 is 2.64 bits per heavy atom. The SMILES string of the molecule is CCc1nnc(NC(=O)CSc2nnc(-c3nonc3NC(C)=O)n2CC)s1. The van der Waals surface area contributed by atoms with E-state index in [9.17, 15) is 9.59 Å². The fourth-order valence-corrected chi connectivity index (χ4v) is 3.67. The molecule has 28 heavy (non-hydrogen) atoms. The number of hydrogen-bond donors (Lipinski definition) is 2. The molecular formula is C14H17N9O3S2. The smallest absolute Gasteiger partial charge is 0.236 e. The highest BCUT2D eigenvalue weighted by molar-refractivity contribution is 7.99. The number of thioether (sulfide) groups is 1. The fraction of sp³-hybridized carbons (Fsp3) is 0.429. The average molecular weight is 423 g/mol. The van der Waals surface area contributed by atoms with Gasteiger partial charge in [0, 0.05) is 13.5 Å². The number of anilines is 2. The van der Waals surface area contributed by atoms with Gasteiger partial charge in [0.1, 0.15) is 5.01 Å². The van der Waals surface area contributed by atoms with Crippen molar-refractivity contribution in [2.75, 3.05) is 16.4 Å². The first-order valence-electron chi connectivity index (χ1n) is 8.30. The fourth-order valence-electron chi connectivity index (χ4n) is 2.17. The number of rotatable bonds is 8. The summed E-state index contributed by atoms with van der Waals surface area (Å²) in [5.74, 6) is 0.125. The quantitative estimate of drug-likeness (QED) is 0.509. The van der Waals surface area contributed by atoms with Crippen LogP contribution in [0, 0.1) is 0 Å². The van der Waals surface area contributed by atoms with Crippen molar-refractivity contribution in [1.29, 1.82) is 0 Å². The lowest BCUT2D eigenvalue weighted by Crippen LogP contribution is -2.14. The Labute approximate surface area is 167 Å². The second-order valence-electron chi connectivity index (χ2n) is 5.38. The van der Waals surface area contributed by atoms with Crippen molar-refractivity contribution >= 4 is 45.9 Å². The van der Waals surface area contributed by atoms with E-state index < -0.39 is 0 Å². The third kappa shape index (κ3) is 4.51. The van der Waals surface area contributed by atoms with Crippen LogP contribution in [0.2, 0.25) is 0 Å². The first-order valence-corrected chi connectivity index (χ1v) is 10.1. The molecule has 0 fully saturated rings. The Balaban J connectivity index is 1.69. The molecule has 3 aromatic rings. The number of carbonyl (C=O) groups excluding carboxylic acids is 2. The first kappa shape index (κ1) is 19.9. The molecule has 148 valence electrons. The molecule has 14 heteroatoms. The van der Waals surface area contributed by atoms with E-state index >= 15 is 0 Å². The van der Waals surface area contributed by atoms with E-state index in [1.165, 1.54) is 30.0 Å². The van der Waals surface area contributed by atoms with Gasteiger partial charge in [0.05, 0.1) is 5.75 Å². The molecule has 0 atom stereocenters. The standard InChI is InChI=1S/C14H17N9O3S2/c1-4-9-17-19-13(28-9)16-8(25)6-27-14-20-18-12(23(14)5-2)10-11(15-7(3)24)22-26-21-10/h4-6H2,1-3H3,(H,15,22,24)(H,16,19,25). The van der Waals surface area contributed by atoms with Gasteiger partial charge in [-0.2, -0.15) is 0 Å². The molecule has 0 aliphatic rings. The van der Waals surface area contributed by atoms with Gasteiger partial charge in [-0.15, -0.1) is 20.4 Å². The predicted molar refractivity (Wildman–Crippen MR) is 102 cm³/mol. The molecule has 3 heterocycles. The first-order chi connectivity index (χ1) is 13.5. The minimum atomic E-state index is -0.311. The van der Waals surface area contributed by atoms with Crippen LogP contribution in [0.5, 0.6) is 0 Å². The maximum Gasteiger partial charge on any atom is 0.236 e. The van der Waals surface area contributed by atoms with Gasteiger partial charge in [-0.1, -0.05) is 30.0 Å². The molecule has 2 N–H and O–H groups in total. The third-order valence-corrected chi connectivity index (χ3v) is 5.33. The van der Waals surface area contributed by atoms with Crippen molar-refractivity contribution in [2.24, 2.45) is 0 Å². The Kier molecular flexibility index (Phi) is 6.30. The van der Waals surface area contributed by atoms with Gasteiger partial charge in [0.2, 0.25) is 22.8 Å². The molecule has 12 nitrogen and oxygen atoms in total. The van der Waals surface area contributed by atoms with Gasteiger partial charge in [-0.3, -0.25) is 14.9 Å². The molecule has 0 radical (unpaired) electrons. The monoisotopic (exact) mass is 423 g/mol. The van der Waals surface area contributed by atoms with E-state index in [-0.39, 0.29) is 29.1 Å². The summed E-state index contributed by atoms with van der Waals surface area (Å²) in [7, 11) is 0. The molecule has 0 aromatic carbocycles. The van der Waals surface area contributed by atoms with Crippen LogP contribution in [0.4, 0.5) is 10.9 Å². The van der Waals surface area contributed by atoms with E-state index in [0.29, 0.717) is 22.7 Å². The van der Waals surface area contributed by atoms with Crippen LogP contribution in [-0.4, -0.2) is 52.8 Å². The highest BCUT2D eigenvalue weighted by Gasteiger charge is 2.22. The van der Waals surface area contributed by atoms with Crippen molar-refractivity contribution in [1.82, 2.24) is 35.3 Å². The highest BCUT2D eigenvalue weighted by atomic mass is 32.2. The number of carbonyl (C=O) groups is 2. The topological polar surface area (TPSA) is 154 Å². The second kappa shape index (κ2) is 8.88. The Morgan fingerprint density at radius 2 is 1.96 bits per heavy atom. The second-order valence-corrected chi connectivity index (χ2v) is 7.39. The molecule has 3 aromatic heterocycles. The zero-order chi connectivity index (χ0) is 20.1. The van der Waals surface area contributed by atoms with Crippen LogP contribution in [0.3, 0.4) is 0 Å². The Morgan fingerprint density at radius 1 is 1.14 bits per heavy atom. The minimum absolute atomic E-state index is 0.120. The summed E-state index contributed by atoms with van der Waals surface area (Å²) in [4.78, 5) is 23.4. The Bertz CT molecular complexity index is 981. The number of nitrogens with zero attached hydrogens (tertiary/aromatic N) is 7. The minimum Gasteiger partial charge on any atom is -0.306 e. The lowest BCUT2D eigenvalue weighted by molar-refractivity contribution is -0.114. The van der Waals surface area contributed by atoms with Crippen molar-refractivity contribution < 1.29 is 14.2 Å². The van der Waals surface area contributed by atoms with Crippen LogP contribution >= 0.6 is 23.1 Å². The molecule has 2 amide bonds. The number of aryl methyl sites for hydroxylation is 1. The predicted octanol–water partition coefficient (Wildman–Crippen LogP) is 1.45. The third-order valence-electron chi connectivity index (χ3n) is 3.38. The summed E-state index contributed by atoms with van der Waals surface area (Å²) in [6.07, 6.45) is 0.766. The largest absolute Gasteiger partial charge is 0.306 e. The zero-order valence-corrected chi connectivity index (χ0v) is 16.9. The summed E-state index contributed by atoms with van der Waals surface area (Å²) in [6, 6.07) is 0. The molecule has 3 rings (SSSR count). The number of aromatic nitrogens is 7. The van der Waals surface area contributed by atoms with Gasteiger partial charge in [0.15, 0.2) is 16.7 Å². The van der Waals surface area contributed by atoms with E-state index in [2.05, 4.69) is 41.3 Å². The van der Waals surface area contributed by atoms with E-state index in [4.69, 9.17) is 4.63 Å². The van der Waals surface area contributed by atoms with Gasteiger partial charge >= 0.3 is 0 Å². The maximum absolute atomic E-state index is 12.2. The number of nitrogens with one attached hydrogen (secondary N) is 2. The lowest BCUT2D eigenvalue weighted by Gasteiger charge is -2.06. The summed E-state index contributed by atoms with van der Waals surface area (Å²) >= 11 is 2.56. The van der Waals surface area contributed by atoms with Gasteiger partial charge < -0.3 is 9.88 Å². The van der Waals surface area contributed by atoms with E-state index in [1.807, 2.05) is 13.8 Å². The van der Waals surface area contributed by atoms with Gasteiger partial charge in [-0.25, -0.2) is 4.63 Å². The highest BCUT2D eigenvalue weighted by Crippen LogP contribution is 2.27. The van der Waals surface area contributed by atoms with Crippen LogP contribution in [0.25, 0.3) is 11.5 Å². The van der Waals surface area contributed by atoms with Gasteiger partial charge in [0.25, 0.3) is 0 Å². The molecule has 0 saturated carbocycles. The Hall–Kier alpha value is -2.87. The van der Waals surface area contributed by atoms with Crippen LogP contribution in [-0.2, 0) is 22.6 Å². The summed E-state index contributed by atoms with van der Waals surface area (Å²) < 4.78 is 6.46. The van der Waals surface area contributed by atoms with Crippen molar-refractivity contribution in [3.8, 4) is 11.5 Å². The maximum atomic E-state index is 12.2. The van der Waals surface area contributed by atoms with Crippen LogP contribution < -0.4 is 10.6 Å². The molecule has 0 aliphatic heterocycles. The zero-order valence-electron chi connectivity index (χ0n) is 15.3. The average Bonchev–Trinajstić information content (AvgIpc) is 3.38. The molecule has 0 unspecified atom stereocenters. The van der Waals surface area contributed by atoms with E-state index in [1.54, 1.807) is 4.57 Å². The summed E-state index contributed by atoms with van der Waals surface area (Å²) in [5, 5.41) is 30.6. The van der Waals surface area contributed by atoms with Crippen molar-refractivity contribution in [3.05, 3.63) is 5.01 Å². The molecule has 0 saturated heterocycles. The molecular weight excluding hydrogens is 406 g/mol. The number of hydrogen-bond acceptors (Lipinski definition) is 11. The van der Waals surface area contributed by atoms with Crippen LogP contribution in [0.15, 0.2) is 9.79 Å². The van der Waals surface area contributed by atoms with E-state index in [0.717, 1.165) is 11.4 Å². The van der Waals surface area contributed by atoms with Crippen LogP contribution in [0.1, 0.15) is 25.8 Å². The summed E-state index contributed by atoms with van der Waals surface area (Å²) in [6.45, 7) is 5.74. The lowest BCUT2D eigenvalue weighted by atomic mass is 10.4.